The van der Waals surface area contributed by atoms with Crippen molar-refractivity contribution in [3.05, 3.63) is 36.2 Å². The molecule has 0 radical (unpaired) electrons. The van der Waals surface area contributed by atoms with E-state index in [-0.39, 0.29) is 11.9 Å². The van der Waals surface area contributed by atoms with Crippen LogP contribution in [-0.4, -0.2) is 38.0 Å². The van der Waals surface area contributed by atoms with E-state index >= 15 is 0 Å². The molecule has 0 unspecified atom stereocenters. The van der Waals surface area contributed by atoms with Gasteiger partial charge in [0.25, 0.3) is 0 Å². The molecule has 138 valence electrons. The van der Waals surface area contributed by atoms with Gasteiger partial charge in [-0.1, -0.05) is 42.8 Å². The molecule has 26 heavy (non-hydrogen) atoms. The van der Waals surface area contributed by atoms with Gasteiger partial charge in [0.15, 0.2) is 5.16 Å². The summed E-state index contributed by atoms with van der Waals surface area (Å²) in [5.41, 5.74) is 0.934. The first kappa shape index (κ1) is 18.4. The highest BCUT2D eigenvalue weighted by molar-refractivity contribution is 8.00. The van der Waals surface area contributed by atoms with Crippen molar-refractivity contribution in [2.75, 3.05) is 0 Å². The van der Waals surface area contributed by atoms with Gasteiger partial charge in [-0.05, 0) is 38.8 Å². The number of amides is 3. The lowest BCUT2D eigenvalue weighted by molar-refractivity contribution is -0.119. The van der Waals surface area contributed by atoms with Gasteiger partial charge in [-0.25, -0.2) is 4.79 Å². The molecule has 1 aliphatic rings. The number of nitrogens with zero attached hydrogens (tertiary/aromatic N) is 3. The Hall–Kier alpha value is -2.35. The Morgan fingerprint density at radius 1 is 1.19 bits per heavy atom. The molecule has 1 aliphatic carbocycles. The summed E-state index contributed by atoms with van der Waals surface area (Å²) in [5.74, 6) is 0.399. The van der Waals surface area contributed by atoms with Crippen molar-refractivity contribution in [3.63, 3.8) is 0 Å². The molecule has 1 aromatic carbocycles. The van der Waals surface area contributed by atoms with Gasteiger partial charge in [-0.15, -0.1) is 10.2 Å². The molecule has 0 bridgehead atoms. The van der Waals surface area contributed by atoms with Gasteiger partial charge in [-0.2, -0.15) is 0 Å². The molecular weight excluding hydrogens is 350 g/mol. The lowest BCUT2D eigenvalue weighted by Crippen LogP contribution is -2.45. The van der Waals surface area contributed by atoms with Crippen molar-refractivity contribution < 1.29 is 9.59 Å². The highest BCUT2D eigenvalue weighted by Gasteiger charge is 2.23. The first-order chi connectivity index (χ1) is 12.5. The molecule has 0 spiro atoms. The van der Waals surface area contributed by atoms with Crippen molar-refractivity contribution >= 4 is 23.7 Å². The van der Waals surface area contributed by atoms with E-state index in [0.29, 0.717) is 5.16 Å². The van der Waals surface area contributed by atoms with Crippen LogP contribution in [0.15, 0.2) is 35.5 Å². The predicted octanol–water partition coefficient (Wildman–Crippen LogP) is 2.82. The molecule has 1 saturated carbocycles. The topological polar surface area (TPSA) is 88.9 Å². The molecule has 1 aromatic heterocycles. The molecule has 3 rings (SSSR count). The summed E-state index contributed by atoms with van der Waals surface area (Å²) >= 11 is 1.28. The Labute approximate surface area is 157 Å². The minimum absolute atomic E-state index is 0.176. The van der Waals surface area contributed by atoms with Crippen molar-refractivity contribution in [2.45, 2.75) is 56.0 Å². The summed E-state index contributed by atoms with van der Waals surface area (Å²) in [6.45, 7) is 3.62. The van der Waals surface area contributed by atoms with Crippen molar-refractivity contribution in [1.82, 2.24) is 25.4 Å². The van der Waals surface area contributed by atoms with Gasteiger partial charge >= 0.3 is 6.03 Å². The molecule has 0 saturated heterocycles. The Balaban J connectivity index is 1.62. The van der Waals surface area contributed by atoms with E-state index in [9.17, 15) is 9.59 Å². The monoisotopic (exact) mass is 373 g/mol. The summed E-state index contributed by atoms with van der Waals surface area (Å²) < 4.78 is 1.90. The van der Waals surface area contributed by atoms with Gasteiger partial charge in [0.2, 0.25) is 5.91 Å². The second kappa shape index (κ2) is 8.35. The first-order valence-electron chi connectivity index (χ1n) is 8.80. The second-order valence-corrected chi connectivity index (χ2v) is 7.71. The number of imide groups is 1. The number of hydrogen-bond acceptors (Lipinski definition) is 5. The van der Waals surface area contributed by atoms with Gasteiger partial charge in [0.05, 0.1) is 5.25 Å². The summed E-state index contributed by atoms with van der Waals surface area (Å²) in [4.78, 5) is 24.3. The highest BCUT2D eigenvalue weighted by Crippen LogP contribution is 2.25. The predicted molar refractivity (Wildman–Crippen MR) is 100 cm³/mol. The zero-order valence-electron chi connectivity index (χ0n) is 14.9. The van der Waals surface area contributed by atoms with Crippen LogP contribution in [0, 0.1) is 6.92 Å². The highest BCUT2D eigenvalue weighted by atomic mass is 32.2. The van der Waals surface area contributed by atoms with E-state index in [1.807, 2.05) is 41.8 Å². The fraction of sp³-hybridized carbons (Fsp3) is 0.444. The van der Waals surface area contributed by atoms with E-state index in [2.05, 4.69) is 20.8 Å². The number of para-hydroxylation sites is 1. The number of aryl methyl sites for hydroxylation is 1. The number of carbonyl (C=O) groups is 2. The molecule has 2 aromatic rings. The van der Waals surface area contributed by atoms with Gasteiger partial charge in [0.1, 0.15) is 5.82 Å². The number of urea groups is 1. The molecule has 1 atom stereocenters. The number of nitrogens with one attached hydrogen (secondary N) is 2. The van der Waals surface area contributed by atoms with Crippen molar-refractivity contribution in [3.8, 4) is 5.69 Å². The maximum absolute atomic E-state index is 12.3. The van der Waals surface area contributed by atoms with Crippen LogP contribution in [0.25, 0.3) is 5.69 Å². The van der Waals surface area contributed by atoms with Crippen LogP contribution in [0.5, 0.6) is 0 Å². The van der Waals surface area contributed by atoms with Crippen LogP contribution in [0.1, 0.15) is 38.4 Å². The normalized spacial score (nSPS) is 15.6. The number of benzene rings is 1. The number of thioether (sulfide) groups is 1. The SMILES string of the molecule is Cc1nnc(S[C@@H](C)C(=O)NC(=O)NC2CCCC2)n1-c1ccccc1. The molecule has 8 heteroatoms. The summed E-state index contributed by atoms with van der Waals surface area (Å²) in [5, 5.41) is 13.7. The van der Waals surface area contributed by atoms with Crippen LogP contribution in [-0.2, 0) is 4.79 Å². The maximum Gasteiger partial charge on any atom is 0.321 e. The maximum atomic E-state index is 12.3. The Morgan fingerprint density at radius 2 is 1.88 bits per heavy atom. The van der Waals surface area contributed by atoms with E-state index in [0.717, 1.165) is 37.2 Å². The van der Waals surface area contributed by atoms with Crippen LogP contribution >= 0.6 is 11.8 Å². The lowest BCUT2D eigenvalue weighted by atomic mass is 10.2. The van der Waals surface area contributed by atoms with Crippen LogP contribution in [0.2, 0.25) is 0 Å². The van der Waals surface area contributed by atoms with Crippen LogP contribution < -0.4 is 10.6 Å². The Morgan fingerprint density at radius 3 is 2.58 bits per heavy atom. The number of carbonyl (C=O) groups excluding carboxylic acids is 2. The number of rotatable bonds is 5. The molecule has 3 amide bonds. The van der Waals surface area contributed by atoms with Gasteiger partial charge < -0.3 is 5.32 Å². The van der Waals surface area contributed by atoms with E-state index in [1.165, 1.54) is 11.8 Å². The molecule has 2 N–H and O–H groups in total. The molecule has 1 heterocycles. The number of hydrogen-bond donors (Lipinski definition) is 2. The third-order valence-corrected chi connectivity index (χ3v) is 5.43. The minimum atomic E-state index is -0.476. The standard InChI is InChI=1S/C18H23N5O2S/c1-12(16(24)20-17(25)19-14-8-6-7-9-14)26-18-22-21-13(2)23(18)15-10-4-3-5-11-15/h3-5,10-12,14H,6-9H2,1-2H3,(H2,19,20,24,25)/t12-/m0/s1. The molecule has 1 fully saturated rings. The largest absolute Gasteiger partial charge is 0.335 e. The van der Waals surface area contributed by atoms with E-state index in [4.69, 9.17) is 0 Å². The first-order valence-corrected chi connectivity index (χ1v) is 9.68. The minimum Gasteiger partial charge on any atom is -0.335 e. The third-order valence-electron chi connectivity index (χ3n) is 4.39. The zero-order valence-corrected chi connectivity index (χ0v) is 15.8. The summed E-state index contributed by atoms with van der Waals surface area (Å²) in [7, 11) is 0. The average molecular weight is 373 g/mol. The van der Waals surface area contributed by atoms with Gasteiger partial charge in [-0.3, -0.25) is 14.7 Å². The van der Waals surface area contributed by atoms with Crippen molar-refractivity contribution in [1.29, 1.82) is 0 Å². The second-order valence-electron chi connectivity index (χ2n) is 6.40. The van der Waals surface area contributed by atoms with Crippen LogP contribution in [0.3, 0.4) is 0 Å². The fourth-order valence-electron chi connectivity index (χ4n) is 3.01. The average Bonchev–Trinajstić information content (AvgIpc) is 3.25. The Kier molecular flexibility index (Phi) is 5.92. The van der Waals surface area contributed by atoms with E-state index in [1.54, 1.807) is 6.92 Å². The zero-order chi connectivity index (χ0) is 18.5. The third kappa shape index (κ3) is 4.43. The van der Waals surface area contributed by atoms with E-state index < -0.39 is 11.3 Å². The molecule has 0 aliphatic heterocycles. The lowest BCUT2D eigenvalue weighted by Gasteiger charge is -2.15. The van der Waals surface area contributed by atoms with Crippen LogP contribution in [0.4, 0.5) is 4.79 Å². The molecule has 7 nitrogen and oxygen atoms in total. The smallest absolute Gasteiger partial charge is 0.321 e. The number of aromatic nitrogens is 3. The van der Waals surface area contributed by atoms with Crippen molar-refractivity contribution in [2.24, 2.45) is 0 Å². The fourth-order valence-corrected chi connectivity index (χ4v) is 3.92. The summed E-state index contributed by atoms with van der Waals surface area (Å²) in [6, 6.07) is 9.49. The molecular formula is C18H23N5O2S. The summed E-state index contributed by atoms with van der Waals surface area (Å²) in [6.07, 6.45) is 4.20. The Bertz CT molecular complexity index is 771. The van der Waals surface area contributed by atoms with Gasteiger partial charge in [0, 0.05) is 11.7 Å². The quantitative estimate of drug-likeness (QED) is 0.787.